The SMILES string of the molecule is CCCNCC(C)CSc1ccc(Cl)cc1. The summed E-state index contributed by atoms with van der Waals surface area (Å²) in [6.45, 7) is 6.70. The highest BCUT2D eigenvalue weighted by atomic mass is 35.5. The van der Waals surface area contributed by atoms with Crippen molar-refractivity contribution in [1.29, 1.82) is 0 Å². The number of hydrogen-bond acceptors (Lipinski definition) is 2. The molecule has 0 amide bonds. The molecule has 0 saturated carbocycles. The van der Waals surface area contributed by atoms with Crippen LogP contribution < -0.4 is 5.32 Å². The molecule has 0 fully saturated rings. The molecule has 16 heavy (non-hydrogen) atoms. The molecule has 90 valence electrons. The molecule has 1 atom stereocenters. The van der Waals surface area contributed by atoms with Crippen LogP contribution >= 0.6 is 23.4 Å². The van der Waals surface area contributed by atoms with Crippen molar-refractivity contribution in [1.82, 2.24) is 5.32 Å². The number of nitrogens with one attached hydrogen (secondary N) is 1. The Kier molecular flexibility index (Phi) is 6.93. The molecule has 0 heterocycles. The molecule has 3 heteroatoms. The summed E-state index contributed by atoms with van der Waals surface area (Å²) >= 11 is 7.74. The van der Waals surface area contributed by atoms with Gasteiger partial charge in [0.05, 0.1) is 0 Å². The quantitative estimate of drug-likeness (QED) is 0.584. The predicted molar refractivity (Wildman–Crippen MR) is 74.5 cm³/mol. The van der Waals surface area contributed by atoms with Gasteiger partial charge in [0.25, 0.3) is 0 Å². The molecule has 1 N–H and O–H groups in total. The van der Waals surface area contributed by atoms with Crippen LogP contribution in [0, 0.1) is 5.92 Å². The minimum Gasteiger partial charge on any atom is -0.316 e. The topological polar surface area (TPSA) is 12.0 Å². The Bertz CT molecular complexity index is 286. The van der Waals surface area contributed by atoms with Gasteiger partial charge in [-0.05, 0) is 49.7 Å². The number of hydrogen-bond donors (Lipinski definition) is 1. The fourth-order valence-corrected chi connectivity index (χ4v) is 2.40. The minimum atomic E-state index is 0.701. The van der Waals surface area contributed by atoms with Crippen LogP contribution in [0.5, 0.6) is 0 Å². The van der Waals surface area contributed by atoms with E-state index in [0.29, 0.717) is 5.92 Å². The van der Waals surface area contributed by atoms with E-state index in [-0.39, 0.29) is 0 Å². The summed E-state index contributed by atoms with van der Waals surface area (Å²) < 4.78 is 0. The molecule has 0 aliphatic carbocycles. The van der Waals surface area contributed by atoms with Crippen molar-refractivity contribution in [2.75, 3.05) is 18.8 Å². The average molecular weight is 258 g/mol. The Labute approximate surface area is 108 Å². The van der Waals surface area contributed by atoms with Crippen LogP contribution in [0.25, 0.3) is 0 Å². The molecule has 0 aromatic heterocycles. The standard InChI is InChI=1S/C13H20ClNS/c1-3-8-15-9-11(2)10-16-13-6-4-12(14)5-7-13/h4-7,11,15H,3,8-10H2,1-2H3. The lowest BCUT2D eigenvalue weighted by atomic mass is 10.2. The minimum absolute atomic E-state index is 0.701. The first kappa shape index (κ1) is 13.9. The van der Waals surface area contributed by atoms with E-state index < -0.39 is 0 Å². The normalized spacial score (nSPS) is 12.7. The molecule has 1 nitrogen and oxygen atoms in total. The van der Waals surface area contributed by atoms with E-state index in [4.69, 9.17) is 11.6 Å². The maximum Gasteiger partial charge on any atom is 0.0406 e. The van der Waals surface area contributed by atoms with Crippen LogP contribution in [0.3, 0.4) is 0 Å². The highest BCUT2D eigenvalue weighted by Crippen LogP contribution is 2.22. The van der Waals surface area contributed by atoms with E-state index in [1.54, 1.807) is 0 Å². The van der Waals surface area contributed by atoms with E-state index in [0.717, 1.165) is 23.9 Å². The van der Waals surface area contributed by atoms with Crippen LogP contribution in [-0.4, -0.2) is 18.8 Å². The average Bonchev–Trinajstić information content (AvgIpc) is 2.29. The van der Waals surface area contributed by atoms with E-state index in [9.17, 15) is 0 Å². The van der Waals surface area contributed by atoms with E-state index in [2.05, 4.69) is 31.3 Å². The fraction of sp³-hybridized carbons (Fsp3) is 0.538. The van der Waals surface area contributed by atoms with Gasteiger partial charge >= 0.3 is 0 Å². The molecule has 0 radical (unpaired) electrons. The summed E-state index contributed by atoms with van der Waals surface area (Å²) in [7, 11) is 0. The van der Waals surface area contributed by atoms with Crippen molar-refractivity contribution in [3.63, 3.8) is 0 Å². The van der Waals surface area contributed by atoms with Gasteiger partial charge in [-0.1, -0.05) is 25.4 Å². The summed E-state index contributed by atoms with van der Waals surface area (Å²) in [5.41, 5.74) is 0. The van der Waals surface area contributed by atoms with Gasteiger partial charge in [0.2, 0.25) is 0 Å². The number of halogens is 1. The third-order valence-electron chi connectivity index (χ3n) is 2.27. The molecule has 0 saturated heterocycles. The predicted octanol–water partition coefficient (Wildman–Crippen LogP) is 4.07. The van der Waals surface area contributed by atoms with Gasteiger partial charge in [-0.25, -0.2) is 0 Å². The van der Waals surface area contributed by atoms with Gasteiger partial charge in [-0.2, -0.15) is 0 Å². The first-order chi connectivity index (χ1) is 7.72. The molecule has 1 aromatic rings. The molecular formula is C13H20ClNS. The van der Waals surface area contributed by atoms with Gasteiger partial charge in [-0.15, -0.1) is 11.8 Å². The van der Waals surface area contributed by atoms with Gasteiger partial charge < -0.3 is 5.32 Å². The highest BCUT2D eigenvalue weighted by Gasteiger charge is 2.02. The van der Waals surface area contributed by atoms with Crippen molar-refractivity contribution in [2.45, 2.75) is 25.2 Å². The zero-order valence-corrected chi connectivity index (χ0v) is 11.6. The monoisotopic (exact) mass is 257 g/mol. The number of benzene rings is 1. The second kappa shape index (κ2) is 7.99. The van der Waals surface area contributed by atoms with Crippen LogP contribution in [0.15, 0.2) is 29.2 Å². The Morgan fingerprint density at radius 2 is 2.00 bits per heavy atom. The molecule has 0 aliphatic rings. The molecule has 0 aliphatic heterocycles. The summed E-state index contributed by atoms with van der Waals surface area (Å²) in [5.74, 6) is 1.85. The van der Waals surface area contributed by atoms with Gasteiger partial charge in [0, 0.05) is 15.7 Å². The van der Waals surface area contributed by atoms with Crippen molar-refractivity contribution in [2.24, 2.45) is 5.92 Å². The van der Waals surface area contributed by atoms with E-state index in [1.807, 2.05) is 23.9 Å². The molecular weight excluding hydrogens is 238 g/mol. The van der Waals surface area contributed by atoms with Crippen molar-refractivity contribution in [3.8, 4) is 0 Å². The second-order valence-electron chi connectivity index (χ2n) is 4.07. The van der Waals surface area contributed by atoms with Crippen LogP contribution in [0.1, 0.15) is 20.3 Å². The summed E-state index contributed by atoms with van der Waals surface area (Å²) in [6.07, 6.45) is 1.21. The van der Waals surface area contributed by atoms with Crippen LogP contribution in [-0.2, 0) is 0 Å². The van der Waals surface area contributed by atoms with E-state index in [1.165, 1.54) is 11.3 Å². The third-order valence-corrected chi connectivity index (χ3v) is 3.86. The van der Waals surface area contributed by atoms with E-state index >= 15 is 0 Å². The first-order valence-electron chi connectivity index (χ1n) is 5.81. The van der Waals surface area contributed by atoms with Gasteiger partial charge in [-0.3, -0.25) is 0 Å². The molecule has 0 bridgehead atoms. The number of rotatable bonds is 7. The summed E-state index contributed by atoms with van der Waals surface area (Å²) in [6, 6.07) is 8.06. The van der Waals surface area contributed by atoms with Gasteiger partial charge in [0.15, 0.2) is 0 Å². The lowest BCUT2D eigenvalue weighted by Crippen LogP contribution is -2.23. The summed E-state index contributed by atoms with van der Waals surface area (Å²) in [5, 5.41) is 4.25. The first-order valence-corrected chi connectivity index (χ1v) is 7.17. The summed E-state index contributed by atoms with van der Waals surface area (Å²) in [4.78, 5) is 1.30. The third kappa shape index (κ3) is 5.78. The fourth-order valence-electron chi connectivity index (χ4n) is 1.35. The van der Waals surface area contributed by atoms with Crippen LogP contribution in [0.4, 0.5) is 0 Å². The van der Waals surface area contributed by atoms with Crippen LogP contribution in [0.2, 0.25) is 5.02 Å². The lowest BCUT2D eigenvalue weighted by molar-refractivity contribution is 0.557. The molecule has 1 rings (SSSR count). The van der Waals surface area contributed by atoms with Gasteiger partial charge in [0.1, 0.15) is 0 Å². The molecule has 1 aromatic carbocycles. The van der Waals surface area contributed by atoms with Crippen molar-refractivity contribution < 1.29 is 0 Å². The maximum atomic E-state index is 5.84. The lowest BCUT2D eigenvalue weighted by Gasteiger charge is -2.11. The van der Waals surface area contributed by atoms with Crippen molar-refractivity contribution in [3.05, 3.63) is 29.3 Å². The van der Waals surface area contributed by atoms with Crippen molar-refractivity contribution >= 4 is 23.4 Å². The Hall–Kier alpha value is -0.180. The smallest absolute Gasteiger partial charge is 0.0406 e. The second-order valence-corrected chi connectivity index (χ2v) is 5.60. The Morgan fingerprint density at radius 3 is 2.62 bits per heavy atom. The number of thioether (sulfide) groups is 1. The Morgan fingerprint density at radius 1 is 1.31 bits per heavy atom. The molecule has 0 spiro atoms. The largest absolute Gasteiger partial charge is 0.316 e. The zero-order valence-electron chi connectivity index (χ0n) is 10.0. The maximum absolute atomic E-state index is 5.84. The molecule has 1 unspecified atom stereocenters. The Balaban J connectivity index is 2.20. The highest BCUT2D eigenvalue weighted by molar-refractivity contribution is 7.99. The zero-order chi connectivity index (χ0) is 11.8.